The predicted octanol–water partition coefficient (Wildman–Crippen LogP) is 3.09. The zero-order valence-electron chi connectivity index (χ0n) is 12.4. The first kappa shape index (κ1) is 15.1. The molecule has 0 saturated carbocycles. The van der Waals surface area contributed by atoms with Gasteiger partial charge in [-0.3, -0.25) is 4.79 Å². The van der Waals surface area contributed by atoms with Gasteiger partial charge in [-0.2, -0.15) is 0 Å². The molecule has 1 aromatic heterocycles. The molecule has 0 atom stereocenters. The SMILES string of the molecule is CCCCOc1ccc(C(=O)NCc2cnoc2C)cc1. The van der Waals surface area contributed by atoms with Crippen LogP contribution in [0.25, 0.3) is 0 Å². The van der Waals surface area contributed by atoms with Crippen LogP contribution in [0.1, 0.15) is 41.4 Å². The Kier molecular flexibility index (Phi) is 5.37. The van der Waals surface area contributed by atoms with E-state index in [4.69, 9.17) is 9.26 Å². The smallest absolute Gasteiger partial charge is 0.251 e. The van der Waals surface area contributed by atoms with Crippen molar-refractivity contribution in [1.29, 1.82) is 0 Å². The summed E-state index contributed by atoms with van der Waals surface area (Å²) in [4.78, 5) is 12.0. The fourth-order valence-electron chi connectivity index (χ4n) is 1.80. The van der Waals surface area contributed by atoms with E-state index in [0.717, 1.165) is 29.9 Å². The van der Waals surface area contributed by atoms with Crippen molar-refractivity contribution in [3.63, 3.8) is 0 Å². The van der Waals surface area contributed by atoms with E-state index in [1.165, 1.54) is 0 Å². The van der Waals surface area contributed by atoms with Gasteiger partial charge in [0.1, 0.15) is 11.5 Å². The first-order chi connectivity index (χ1) is 10.2. The monoisotopic (exact) mass is 288 g/mol. The Morgan fingerprint density at radius 3 is 2.71 bits per heavy atom. The van der Waals surface area contributed by atoms with Gasteiger partial charge in [-0.15, -0.1) is 0 Å². The summed E-state index contributed by atoms with van der Waals surface area (Å²) in [6.07, 6.45) is 3.74. The van der Waals surface area contributed by atoms with Crippen LogP contribution in [0.4, 0.5) is 0 Å². The van der Waals surface area contributed by atoms with Gasteiger partial charge < -0.3 is 14.6 Å². The summed E-state index contributed by atoms with van der Waals surface area (Å²) in [5, 5.41) is 6.51. The van der Waals surface area contributed by atoms with E-state index in [9.17, 15) is 4.79 Å². The summed E-state index contributed by atoms with van der Waals surface area (Å²) >= 11 is 0. The summed E-state index contributed by atoms with van der Waals surface area (Å²) in [5.41, 5.74) is 1.48. The van der Waals surface area contributed by atoms with E-state index in [-0.39, 0.29) is 5.91 Å². The number of benzene rings is 1. The first-order valence-corrected chi connectivity index (χ1v) is 7.12. The fraction of sp³-hybridized carbons (Fsp3) is 0.375. The number of aryl methyl sites for hydroxylation is 1. The molecule has 112 valence electrons. The molecule has 0 radical (unpaired) electrons. The van der Waals surface area contributed by atoms with E-state index in [1.54, 1.807) is 18.3 Å². The van der Waals surface area contributed by atoms with E-state index in [2.05, 4.69) is 17.4 Å². The van der Waals surface area contributed by atoms with Crippen LogP contribution in [0.15, 0.2) is 35.0 Å². The highest BCUT2D eigenvalue weighted by atomic mass is 16.5. The van der Waals surface area contributed by atoms with Gasteiger partial charge in [0.25, 0.3) is 5.91 Å². The predicted molar refractivity (Wildman–Crippen MR) is 79.3 cm³/mol. The van der Waals surface area contributed by atoms with Crippen molar-refractivity contribution < 1.29 is 14.1 Å². The maximum Gasteiger partial charge on any atom is 0.251 e. The maximum atomic E-state index is 12.0. The summed E-state index contributed by atoms with van der Waals surface area (Å²) in [6.45, 7) is 5.04. The van der Waals surface area contributed by atoms with Gasteiger partial charge >= 0.3 is 0 Å². The van der Waals surface area contributed by atoms with E-state index in [1.807, 2.05) is 19.1 Å². The summed E-state index contributed by atoms with van der Waals surface area (Å²) in [6, 6.07) is 7.15. The van der Waals surface area contributed by atoms with Crippen LogP contribution in [-0.4, -0.2) is 17.7 Å². The van der Waals surface area contributed by atoms with Gasteiger partial charge in [0, 0.05) is 17.7 Å². The molecule has 1 amide bonds. The highest BCUT2D eigenvalue weighted by Crippen LogP contribution is 2.13. The van der Waals surface area contributed by atoms with Crippen molar-refractivity contribution in [3.05, 3.63) is 47.3 Å². The molecule has 1 N–H and O–H groups in total. The molecule has 2 rings (SSSR count). The van der Waals surface area contributed by atoms with Crippen molar-refractivity contribution in [1.82, 2.24) is 10.5 Å². The lowest BCUT2D eigenvalue weighted by Gasteiger charge is -2.07. The molecule has 0 fully saturated rings. The van der Waals surface area contributed by atoms with Crippen molar-refractivity contribution in [3.8, 4) is 5.75 Å². The number of aromatic nitrogens is 1. The minimum absolute atomic E-state index is 0.129. The maximum absolute atomic E-state index is 12.0. The average Bonchev–Trinajstić information content (AvgIpc) is 2.91. The van der Waals surface area contributed by atoms with E-state index < -0.39 is 0 Å². The number of carbonyl (C=O) groups is 1. The van der Waals surface area contributed by atoms with Crippen molar-refractivity contribution in [2.24, 2.45) is 0 Å². The molecule has 1 heterocycles. The third kappa shape index (κ3) is 4.34. The molecule has 0 aliphatic carbocycles. The van der Waals surface area contributed by atoms with Crippen molar-refractivity contribution >= 4 is 5.91 Å². The fourth-order valence-corrected chi connectivity index (χ4v) is 1.80. The lowest BCUT2D eigenvalue weighted by Crippen LogP contribution is -2.22. The van der Waals surface area contributed by atoms with Gasteiger partial charge in [0.05, 0.1) is 12.8 Å². The van der Waals surface area contributed by atoms with E-state index in [0.29, 0.717) is 18.7 Å². The second-order valence-electron chi connectivity index (χ2n) is 4.82. The number of nitrogens with one attached hydrogen (secondary N) is 1. The number of unbranched alkanes of at least 4 members (excludes halogenated alkanes) is 1. The Morgan fingerprint density at radius 2 is 2.10 bits per heavy atom. The number of rotatable bonds is 7. The van der Waals surface area contributed by atoms with Gasteiger partial charge in [0.2, 0.25) is 0 Å². The molecule has 1 aromatic carbocycles. The Balaban J connectivity index is 1.86. The van der Waals surface area contributed by atoms with Crippen molar-refractivity contribution in [2.75, 3.05) is 6.61 Å². The topological polar surface area (TPSA) is 64.4 Å². The molecular formula is C16H20N2O3. The Morgan fingerprint density at radius 1 is 1.33 bits per heavy atom. The number of hydrogen-bond acceptors (Lipinski definition) is 4. The van der Waals surface area contributed by atoms with Crippen LogP contribution in [0, 0.1) is 6.92 Å². The number of amides is 1. The minimum atomic E-state index is -0.129. The van der Waals surface area contributed by atoms with Crippen LogP contribution < -0.4 is 10.1 Å². The van der Waals surface area contributed by atoms with E-state index >= 15 is 0 Å². The molecule has 0 aliphatic heterocycles. The molecule has 0 unspecified atom stereocenters. The zero-order chi connectivity index (χ0) is 15.1. The molecule has 5 nitrogen and oxygen atoms in total. The third-order valence-corrected chi connectivity index (χ3v) is 3.17. The third-order valence-electron chi connectivity index (χ3n) is 3.17. The van der Waals surface area contributed by atoms with Crippen LogP contribution >= 0.6 is 0 Å². The largest absolute Gasteiger partial charge is 0.494 e. The molecule has 21 heavy (non-hydrogen) atoms. The molecular weight excluding hydrogens is 268 g/mol. The molecule has 5 heteroatoms. The van der Waals surface area contributed by atoms with Crippen LogP contribution in [-0.2, 0) is 6.54 Å². The van der Waals surface area contributed by atoms with Crippen LogP contribution in [0.2, 0.25) is 0 Å². The standard InChI is InChI=1S/C16H20N2O3/c1-3-4-9-20-15-7-5-13(6-8-15)16(19)17-10-14-11-18-21-12(14)2/h5-8,11H,3-4,9-10H2,1-2H3,(H,17,19). The van der Waals surface area contributed by atoms with Gasteiger partial charge in [-0.1, -0.05) is 18.5 Å². The minimum Gasteiger partial charge on any atom is -0.494 e. The highest BCUT2D eigenvalue weighted by molar-refractivity contribution is 5.94. The number of hydrogen-bond donors (Lipinski definition) is 1. The van der Waals surface area contributed by atoms with Crippen molar-refractivity contribution in [2.45, 2.75) is 33.2 Å². The molecule has 0 aliphatic rings. The zero-order valence-corrected chi connectivity index (χ0v) is 12.4. The molecule has 0 saturated heterocycles. The van der Waals surface area contributed by atoms with Crippen LogP contribution in [0.5, 0.6) is 5.75 Å². The number of ether oxygens (including phenoxy) is 1. The highest BCUT2D eigenvalue weighted by Gasteiger charge is 2.08. The normalized spacial score (nSPS) is 10.4. The Labute approximate surface area is 124 Å². The van der Waals surface area contributed by atoms with Gasteiger partial charge in [0.15, 0.2) is 0 Å². The number of nitrogens with zero attached hydrogens (tertiary/aromatic N) is 1. The molecule has 0 bridgehead atoms. The van der Waals surface area contributed by atoms with Gasteiger partial charge in [-0.25, -0.2) is 0 Å². The first-order valence-electron chi connectivity index (χ1n) is 7.12. The number of carbonyl (C=O) groups excluding carboxylic acids is 1. The Hall–Kier alpha value is -2.30. The summed E-state index contributed by atoms with van der Waals surface area (Å²) in [7, 11) is 0. The Bertz CT molecular complexity index is 575. The summed E-state index contributed by atoms with van der Waals surface area (Å²) in [5.74, 6) is 1.38. The lowest BCUT2D eigenvalue weighted by molar-refractivity contribution is 0.0951. The lowest BCUT2D eigenvalue weighted by atomic mass is 10.2. The second-order valence-corrected chi connectivity index (χ2v) is 4.82. The molecule has 0 spiro atoms. The van der Waals surface area contributed by atoms with Gasteiger partial charge in [-0.05, 0) is 37.6 Å². The average molecular weight is 288 g/mol. The van der Waals surface area contributed by atoms with Crippen LogP contribution in [0.3, 0.4) is 0 Å². The quantitative estimate of drug-likeness (QED) is 0.795. The molecule has 2 aromatic rings. The summed E-state index contributed by atoms with van der Waals surface area (Å²) < 4.78 is 10.5. The second kappa shape index (κ2) is 7.47.